The number of hydrogen-bond acceptors (Lipinski definition) is 4. The molecule has 6 rings (SSSR count). The third-order valence-corrected chi connectivity index (χ3v) is 9.75. The van der Waals surface area contributed by atoms with Crippen molar-refractivity contribution < 1.29 is 9.59 Å². The molecule has 0 fully saturated rings. The maximum atomic E-state index is 13.5. The lowest BCUT2D eigenvalue weighted by atomic mass is 9.78. The van der Waals surface area contributed by atoms with Gasteiger partial charge in [-0.1, -0.05) is 125 Å². The maximum absolute atomic E-state index is 13.5. The fourth-order valence-corrected chi connectivity index (χ4v) is 6.84. The average Bonchev–Trinajstić information content (AvgIpc) is 3.77. The second-order valence-electron chi connectivity index (χ2n) is 15.5. The van der Waals surface area contributed by atoms with Crippen molar-refractivity contribution in [3.8, 4) is 33.6 Å². The molecule has 4 aromatic carbocycles. The van der Waals surface area contributed by atoms with E-state index in [1.54, 1.807) is 36.5 Å². The van der Waals surface area contributed by atoms with Crippen LogP contribution in [0.4, 0.5) is 11.4 Å². The smallest absolute Gasteiger partial charge is 0.235 e. The van der Waals surface area contributed by atoms with Crippen molar-refractivity contribution in [1.29, 1.82) is 0 Å². The van der Waals surface area contributed by atoms with Gasteiger partial charge in [0, 0.05) is 33.8 Å². The zero-order chi connectivity index (χ0) is 37.9. The van der Waals surface area contributed by atoms with Gasteiger partial charge in [0.05, 0.1) is 23.8 Å². The molecule has 0 aliphatic rings. The van der Waals surface area contributed by atoms with Crippen molar-refractivity contribution in [3.63, 3.8) is 0 Å². The van der Waals surface area contributed by atoms with Crippen molar-refractivity contribution in [3.05, 3.63) is 131 Å². The summed E-state index contributed by atoms with van der Waals surface area (Å²) in [6, 6.07) is 30.8. The fourth-order valence-electron chi connectivity index (χ4n) is 6.46. The molecule has 4 N–H and O–H groups in total. The zero-order valence-electron chi connectivity index (χ0n) is 30.7. The first kappa shape index (κ1) is 37.6. The molecule has 8 nitrogen and oxygen atoms in total. The number of aromatic nitrogens is 4. The Kier molecular flexibility index (Phi) is 10.9. The minimum absolute atomic E-state index is 0.0973. The first-order valence-electron chi connectivity index (χ1n) is 17.6. The highest BCUT2D eigenvalue weighted by molar-refractivity contribution is 6.31. The Balaban J connectivity index is 1.13. The van der Waals surface area contributed by atoms with Crippen LogP contribution in [-0.2, 0) is 9.59 Å². The molecule has 2 unspecified atom stereocenters. The molecule has 0 aliphatic carbocycles. The number of halogens is 2. The fraction of sp³-hybridized carbons (Fsp3) is 0.256. The summed E-state index contributed by atoms with van der Waals surface area (Å²) in [5.74, 6) is 0.466. The van der Waals surface area contributed by atoms with Gasteiger partial charge in [-0.15, -0.1) is 0 Å². The highest BCUT2D eigenvalue weighted by Gasteiger charge is 2.35. The number of rotatable bonds is 10. The van der Waals surface area contributed by atoms with Gasteiger partial charge >= 0.3 is 0 Å². The summed E-state index contributed by atoms with van der Waals surface area (Å²) >= 11 is 12.2. The van der Waals surface area contributed by atoms with Gasteiger partial charge in [-0.3, -0.25) is 9.59 Å². The molecule has 10 heteroatoms. The topological polar surface area (TPSA) is 116 Å². The maximum Gasteiger partial charge on any atom is 0.235 e. The van der Waals surface area contributed by atoms with Gasteiger partial charge < -0.3 is 20.6 Å². The van der Waals surface area contributed by atoms with E-state index in [1.807, 2.05) is 45.2 Å². The summed E-state index contributed by atoms with van der Waals surface area (Å²) in [6.45, 7) is 12.4. The van der Waals surface area contributed by atoms with Crippen molar-refractivity contribution in [2.45, 2.75) is 59.8 Å². The van der Waals surface area contributed by atoms with Gasteiger partial charge in [-0.2, -0.15) is 0 Å². The van der Waals surface area contributed by atoms with Crippen LogP contribution in [0.15, 0.2) is 109 Å². The van der Waals surface area contributed by atoms with E-state index < -0.39 is 11.3 Å². The molecule has 2 heterocycles. The van der Waals surface area contributed by atoms with Crippen LogP contribution in [0.25, 0.3) is 33.6 Å². The van der Waals surface area contributed by atoms with Gasteiger partial charge in [-0.25, -0.2) is 9.97 Å². The summed E-state index contributed by atoms with van der Waals surface area (Å²) in [4.78, 5) is 42.8. The van der Waals surface area contributed by atoms with Crippen molar-refractivity contribution in [2.75, 3.05) is 10.6 Å². The number of aromatic amines is 2. The van der Waals surface area contributed by atoms with Gasteiger partial charge in [0.1, 0.15) is 17.6 Å². The van der Waals surface area contributed by atoms with E-state index in [0.29, 0.717) is 27.2 Å². The summed E-state index contributed by atoms with van der Waals surface area (Å²) < 4.78 is 0. The van der Waals surface area contributed by atoms with Crippen LogP contribution in [0.5, 0.6) is 0 Å². The largest absolute Gasteiger partial charge is 0.342 e. The third kappa shape index (κ3) is 9.25. The minimum Gasteiger partial charge on any atom is -0.342 e. The molecule has 53 heavy (non-hydrogen) atoms. The Morgan fingerprint density at radius 1 is 0.623 bits per heavy atom. The van der Waals surface area contributed by atoms with Crippen LogP contribution < -0.4 is 10.6 Å². The highest BCUT2D eigenvalue weighted by Crippen LogP contribution is 2.38. The monoisotopic (exact) mass is 746 g/mol. The van der Waals surface area contributed by atoms with E-state index in [4.69, 9.17) is 28.2 Å². The van der Waals surface area contributed by atoms with E-state index in [0.717, 1.165) is 39.5 Å². The summed E-state index contributed by atoms with van der Waals surface area (Å²) in [5.41, 5.74) is 6.52. The molecule has 272 valence electrons. The van der Waals surface area contributed by atoms with E-state index in [-0.39, 0.29) is 29.6 Å². The van der Waals surface area contributed by atoms with Crippen LogP contribution >= 0.6 is 23.2 Å². The number of H-pyrrole nitrogens is 2. The van der Waals surface area contributed by atoms with E-state index in [1.165, 1.54) is 0 Å². The molecule has 2 atom stereocenters. The number of amides is 2. The second-order valence-corrected chi connectivity index (χ2v) is 16.4. The Labute approximate surface area is 320 Å². The Bertz CT molecular complexity index is 2210. The molecule has 0 bridgehead atoms. The molecule has 0 aliphatic heterocycles. The Hall–Kier alpha value is -5.18. The first-order valence-corrected chi connectivity index (χ1v) is 18.3. The summed E-state index contributed by atoms with van der Waals surface area (Å²) in [7, 11) is 0. The number of nitrogens with zero attached hydrogens (tertiary/aromatic N) is 2. The Morgan fingerprint density at radius 3 is 1.55 bits per heavy atom. The highest BCUT2D eigenvalue weighted by atomic mass is 35.5. The number of carbonyl (C=O) groups is 2. The molecular weight excluding hydrogens is 703 g/mol. The van der Waals surface area contributed by atoms with Crippen LogP contribution in [0, 0.1) is 10.8 Å². The first-order chi connectivity index (χ1) is 25.1. The lowest BCUT2D eigenvalue weighted by Crippen LogP contribution is -2.32. The molecule has 6 aromatic rings. The number of anilines is 2. The number of hydrogen-bond donors (Lipinski definition) is 4. The average molecular weight is 748 g/mol. The molecule has 0 saturated heterocycles. The quantitative estimate of drug-likeness (QED) is 0.112. The predicted molar refractivity (Wildman–Crippen MR) is 216 cm³/mol. The number of carbonyl (C=O) groups excluding carboxylic acids is 2. The van der Waals surface area contributed by atoms with Crippen LogP contribution in [0.2, 0.25) is 10.0 Å². The molecular formula is C43H44Cl2N6O2. The van der Waals surface area contributed by atoms with Gasteiger partial charge in [-0.05, 0) is 69.5 Å². The standard InChI is InChI=1S/C43H44Cl2N6O2/c1-42(2,3)34(23-37(52)48-32-11-7-9-30(44)21-32)39-46-24-35(50-39)28-17-13-26(14-18-28)27-15-19-29(20-16-27)36-25-47-40(51-36)38(43(4,5)6)41(53)49-33-12-8-10-31(45)22-33/h7-22,24-25,34,38H,23H2,1-6H3,(H,46,50)(H,47,51)(H,48,52)(H,49,53). The van der Waals surface area contributed by atoms with E-state index in [2.05, 4.69) is 94.9 Å². The van der Waals surface area contributed by atoms with Gasteiger partial charge in [0.15, 0.2) is 0 Å². The van der Waals surface area contributed by atoms with Crippen molar-refractivity contribution >= 4 is 46.4 Å². The molecule has 2 amide bonds. The SMILES string of the molecule is CC(C)(C)C(CC(=O)Nc1cccc(Cl)c1)c1ncc(-c2ccc(-c3ccc(-c4cnc(C(C(=O)Nc5cccc(Cl)c5)C(C)(C)C)[nH]4)cc3)cc2)[nH]1. The predicted octanol–water partition coefficient (Wildman–Crippen LogP) is 11.4. The van der Waals surface area contributed by atoms with Crippen LogP contribution in [0.3, 0.4) is 0 Å². The molecule has 2 aromatic heterocycles. The normalized spacial score (nSPS) is 13.0. The van der Waals surface area contributed by atoms with E-state index >= 15 is 0 Å². The van der Waals surface area contributed by atoms with Crippen LogP contribution in [-0.4, -0.2) is 31.8 Å². The Morgan fingerprint density at radius 2 is 1.08 bits per heavy atom. The number of imidazole rings is 2. The van der Waals surface area contributed by atoms with Crippen molar-refractivity contribution in [1.82, 2.24) is 19.9 Å². The molecule has 0 radical (unpaired) electrons. The summed E-state index contributed by atoms with van der Waals surface area (Å²) in [6.07, 6.45) is 3.88. The number of nitrogens with one attached hydrogen (secondary N) is 4. The van der Waals surface area contributed by atoms with Gasteiger partial charge in [0.2, 0.25) is 11.8 Å². The minimum atomic E-state index is -0.516. The number of benzene rings is 4. The van der Waals surface area contributed by atoms with E-state index in [9.17, 15) is 9.59 Å². The third-order valence-electron chi connectivity index (χ3n) is 9.28. The molecule has 0 spiro atoms. The zero-order valence-corrected chi connectivity index (χ0v) is 32.2. The van der Waals surface area contributed by atoms with Crippen LogP contribution in [0.1, 0.15) is 71.4 Å². The van der Waals surface area contributed by atoms with Crippen molar-refractivity contribution in [2.24, 2.45) is 10.8 Å². The lowest BCUT2D eigenvalue weighted by Gasteiger charge is -2.28. The molecule has 0 saturated carbocycles. The lowest BCUT2D eigenvalue weighted by molar-refractivity contribution is -0.120. The van der Waals surface area contributed by atoms with Gasteiger partial charge in [0.25, 0.3) is 0 Å². The summed E-state index contributed by atoms with van der Waals surface area (Å²) in [5, 5.41) is 7.09. The second kappa shape index (κ2) is 15.4.